The maximum Gasteiger partial charge on any atom is 0.223 e. The van der Waals surface area contributed by atoms with Crippen LogP contribution in [0.4, 0.5) is 0 Å². The predicted molar refractivity (Wildman–Crippen MR) is 81.9 cm³/mol. The summed E-state index contributed by atoms with van der Waals surface area (Å²) in [5.41, 5.74) is 1.15. The van der Waals surface area contributed by atoms with Crippen molar-refractivity contribution in [3.05, 3.63) is 29.8 Å². The van der Waals surface area contributed by atoms with Gasteiger partial charge in [0, 0.05) is 10.9 Å². The van der Waals surface area contributed by atoms with E-state index >= 15 is 0 Å². The van der Waals surface area contributed by atoms with E-state index in [0.717, 1.165) is 17.7 Å². The summed E-state index contributed by atoms with van der Waals surface area (Å²) in [6.45, 7) is 6.51. The van der Waals surface area contributed by atoms with Gasteiger partial charge in [-0.05, 0) is 38.0 Å². The van der Waals surface area contributed by atoms with Gasteiger partial charge >= 0.3 is 0 Å². The summed E-state index contributed by atoms with van der Waals surface area (Å²) in [6.07, 6.45) is 1.30. The number of halogens is 1. The van der Waals surface area contributed by atoms with E-state index < -0.39 is 0 Å². The molecular formula is C15H22BrNO2. The lowest BCUT2D eigenvalue weighted by Crippen LogP contribution is -2.34. The minimum Gasteiger partial charge on any atom is -0.493 e. The standard InChI is InChI=1S/C15H22BrNO2/c1-11-5-4-6-14(9-11)19-8-7-15(18)17-13(3)10-12(2)16/h4-6,9,12-13H,7-8,10H2,1-3H3,(H,17,18). The second-order valence-electron chi connectivity index (χ2n) is 4.90. The van der Waals surface area contributed by atoms with E-state index in [2.05, 4.69) is 28.2 Å². The summed E-state index contributed by atoms with van der Waals surface area (Å²) in [6, 6.07) is 8.01. The van der Waals surface area contributed by atoms with Crippen molar-refractivity contribution < 1.29 is 9.53 Å². The number of hydrogen-bond acceptors (Lipinski definition) is 2. The molecule has 0 fully saturated rings. The number of nitrogens with one attached hydrogen (secondary N) is 1. The normalized spacial score (nSPS) is 13.7. The van der Waals surface area contributed by atoms with Crippen LogP contribution in [0, 0.1) is 6.92 Å². The molecule has 1 aromatic rings. The van der Waals surface area contributed by atoms with Gasteiger partial charge in [0.05, 0.1) is 13.0 Å². The lowest BCUT2D eigenvalue weighted by atomic mass is 10.2. The van der Waals surface area contributed by atoms with Crippen LogP contribution in [0.5, 0.6) is 5.75 Å². The SMILES string of the molecule is Cc1cccc(OCCC(=O)NC(C)CC(C)Br)c1. The smallest absolute Gasteiger partial charge is 0.223 e. The number of benzene rings is 1. The van der Waals surface area contributed by atoms with Crippen molar-refractivity contribution in [1.82, 2.24) is 5.32 Å². The number of amides is 1. The second-order valence-corrected chi connectivity index (χ2v) is 6.46. The molecule has 0 aliphatic heterocycles. The number of rotatable bonds is 7. The highest BCUT2D eigenvalue weighted by atomic mass is 79.9. The van der Waals surface area contributed by atoms with Gasteiger partial charge in [-0.2, -0.15) is 0 Å². The predicted octanol–water partition coefficient (Wildman–Crippen LogP) is 3.44. The lowest BCUT2D eigenvalue weighted by Gasteiger charge is -2.15. The number of aryl methyl sites for hydroxylation is 1. The number of alkyl halides is 1. The Hall–Kier alpha value is -1.03. The molecule has 0 heterocycles. The molecule has 1 aromatic carbocycles. The molecule has 0 saturated carbocycles. The zero-order valence-corrected chi connectivity index (χ0v) is 13.4. The Bertz CT molecular complexity index is 407. The van der Waals surface area contributed by atoms with Crippen LogP contribution in [0.25, 0.3) is 0 Å². The highest BCUT2D eigenvalue weighted by molar-refractivity contribution is 9.09. The van der Waals surface area contributed by atoms with E-state index in [9.17, 15) is 4.79 Å². The number of carbonyl (C=O) groups excluding carboxylic acids is 1. The van der Waals surface area contributed by atoms with Crippen molar-refractivity contribution in [3.63, 3.8) is 0 Å². The third kappa shape index (κ3) is 7.21. The highest BCUT2D eigenvalue weighted by Crippen LogP contribution is 2.12. The van der Waals surface area contributed by atoms with Crippen LogP contribution in [0.15, 0.2) is 24.3 Å². The van der Waals surface area contributed by atoms with Crippen LogP contribution in [0.2, 0.25) is 0 Å². The number of carbonyl (C=O) groups is 1. The monoisotopic (exact) mass is 327 g/mol. The average Bonchev–Trinajstić information content (AvgIpc) is 2.27. The molecule has 0 saturated heterocycles. The van der Waals surface area contributed by atoms with Crippen molar-refractivity contribution in [3.8, 4) is 5.75 Å². The highest BCUT2D eigenvalue weighted by Gasteiger charge is 2.09. The molecule has 0 bridgehead atoms. The fourth-order valence-electron chi connectivity index (χ4n) is 1.86. The molecule has 2 atom stereocenters. The summed E-state index contributed by atoms with van der Waals surface area (Å²) in [5, 5.41) is 2.96. The van der Waals surface area contributed by atoms with Gasteiger partial charge in [-0.25, -0.2) is 0 Å². The van der Waals surface area contributed by atoms with Gasteiger partial charge in [-0.3, -0.25) is 4.79 Å². The molecule has 0 aromatic heterocycles. The van der Waals surface area contributed by atoms with Crippen LogP contribution < -0.4 is 10.1 Å². The first-order valence-corrected chi connectivity index (χ1v) is 7.52. The Morgan fingerprint density at radius 2 is 2.16 bits per heavy atom. The summed E-state index contributed by atoms with van der Waals surface area (Å²) >= 11 is 3.48. The maximum absolute atomic E-state index is 11.7. The van der Waals surface area contributed by atoms with Crippen LogP contribution in [0.3, 0.4) is 0 Å². The molecule has 4 heteroatoms. The molecule has 0 aliphatic carbocycles. The largest absolute Gasteiger partial charge is 0.493 e. The van der Waals surface area contributed by atoms with E-state index in [1.807, 2.05) is 38.1 Å². The van der Waals surface area contributed by atoms with E-state index in [-0.39, 0.29) is 11.9 Å². The molecule has 1 N–H and O–H groups in total. The summed E-state index contributed by atoms with van der Waals surface area (Å²) in [4.78, 5) is 12.1. The molecular weight excluding hydrogens is 306 g/mol. The summed E-state index contributed by atoms with van der Waals surface area (Å²) in [7, 11) is 0. The van der Waals surface area contributed by atoms with Crippen molar-refractivity contribution >= 4 is 21.8 Å². The minimum atomic E-state index is 0.0355. The van der Waals surface area contributed by atoms with E-state index in [4.69, 9.17) is 4.74 Å². The van der Waals surface area contributed by atoms with Crippen molar-refractivity contribution in [2.24, 2.45) is 0 Å². The Morgan fingerprint density at radius 3 is 2.79 bits per heavy atom. The van der Waals surface area contributed by atoms with Crippen LogP contribution in [-0.4, -0.2) is 23.4 Å². The topological polar surface area (TPSA) is 38.3 Å². The first-order valence-electron chi connectivity index (χ1n) is 6.60. The molecule has 0 spiro atoms. The Labute approximate surface area is 123 Å². The zero-order chi connectivity index (χ0) is 14.3. The van der Waals surface area contributed by atoms with E-state index in [0.29, 0.717) is 17.9 Å². The van der Waals surface area contributed by atoms with Gasteiger partial charge in [0.25, 0.3) is 0 Å². The average molecular weight is 328 g/mol. The van der Waals surface area contributed by atoms with Crippen LogP contribution in [0.1, 0.15) is 32.3 Å². The van der Waals surface area contributed by atoms with E-state index in [1.54, 1.807) is 0 Å². The lowest BCUT2D eigenvalue weighted by molar-refractivity contribution is -0.122. The van der Waals surface area contributed by atoms with Crippen molar-refractivity contribution in [2.75, 3.05) is 6.61 Å². The number of hydrogen-bond donors (Lipinski definition) is 1. The molecule has 1 rings (SSSR count). The van der Waals surface area contributed by atoms with E-state index in [1.165, 1.54) is 0 Å². The molecule has 3 nitrogen and oxygen atoms in total. The molecule has 19 heavy (non-hydrogen) atoms. The molecule has 0 radical (unpaired) electrons. The molecule has 2 unspecified atom stereocenters. The van der Waals surface area contributed by atoms with Gasteiger partial charge in [0.1, 0.15) is 5.75 Å². The van der Waals surface area contributed by atoms with Gasteiger partial charge in [0.2, 0.25) is 5.91 Å². The van der Waals surface area contributed by atoms with Crippen LogP contribution >= 0.6 is 15.9 Å². The third-order valence-electron chi connectivity index (χ3n) is 2.67. The van der Waals surface area contributed by atoms with Crippen molar-refractivity contribution in [1.29, 1.82) is 0 Å². The van der Waals surface area contributed by atoms with Crippen molar-refractivity contribution in [2.45, 2.75) is 44.5 Å². The second kappa shape index (κ2) is 8.20. The first kappa shape index (κ1) is 16.0. The van der Waals surface area contributed by atoms with Crippen LogP contribution in [-0.2, 0) is 4.79 Å². The van der Waals surface area contributed by atoms with Gasteiger partial charge in [0.15, 0.2) is 0 Å². The Morgan fingerprint density at radius 1 is 1.42 bits per heavy atom. The Kier molecular flexibility index (Phi) is 6.92. The van der Waals surface area contributed by atoms with Gasteiger partial charge in [-0.1, -0.05) is 35.0 Å². The minimum absolute atomic E-state index is 0.0355. The quantitative estimate of drug-likeness (QED) is 0.779. The fourth-order valence-corrected chi connectivity index (χ4v) is 2.42. The molecule has 106 valence electrons. The first-order chi connectivity index (χ1) is 8.97. The molecule has 0 aliphatic rings. The van der Waals surface area contributed by atoms with Gasteiger partial charge < -0.3 is 10.1 Å². The fraction of sp³-hybridized carbons (Fsp3) is 0.533. The zero-order valence-electron chi connectivity index (χ0n) is 11.8. The summed E-state index contributed by atoms with van der Waals surface area (Å²) in [5.74, 6) is 0.850. The summed E-state index contributed by atoms with van der Waals surface area (Å²) < 4.78 is 5.55. The molecule has 1 amide bonds. The third-order valence-corrected chi connectivity index (χ3v) is 3.05. The van der Waals surface area contributed by atoms with Gasteiger partial charge in [-0.15, -0.1) is 0 Å². The maximum atomic E-state index is 11.7. The number of ether oxygens (including phenoxy) is 1. The Balaban J connectivity index is 2.23.